The summed E-state index contributed by atoms with van der Waals surface area (Å²) in [5.74, 6) is 0. The zero-order valence-corrected chi connectivity index (χ0v) is 10.7. The first kappa shape index (κ1) is 12.6. The van der Waals surface area contributed by atoms with Crippen LogP contribution in [0.25, 0.3) is 0 Å². The zero-order chi connectivity index (χ0) is 12.1. The predicted octanol–water partition coefficient (Wildman–Crippen LogP) is 2.60. The molecule has 0 radical (unpaired) electrons. The summed E-state index contributed by atoms with van der Waals surface area (Å²) in [6.45, 7) is 5.29. The van der Waals surface area contributed by atoms with E-state index in [-0.39, 0.29) is 6.10 Å². The van der Waals surface area contributed by atoms with Gasteiger partial charge in [-0.15, -0.1) is 0 Å². The lowest BCUT2D eigenvalue weighted by molar-refractivity contribution is 0.0792. The van der Waals surface area contributed by atoms with E-state index in [0.717, 1.165) is 32.5 Å². The van der Waals surface area contributed by atoms with E-state index in [4.69, 9.17) is 0 Å². The molecule has 1 aliphatic heterocycles. The average Bonchev–Trinajstić information content (AvgIpc) is 2.35. The van der Waals surface area contributed by atoms with Crippen LogP contribution in [-0.2, 0) is 13.0 Å². The summed E-state index contributed by atoms with van der Waals surface area (Å²) in [6.07, 6.45) is 4.17. The van der Waals surface area contributed by atoms with Gasteiger partial charge in [-0.1, -0.05) is 37.6 Å². The molecule has 94 valence electrons. The third-order valence-corrected chi connectivity index (χ3v) is 3.52. The van der Waals surface area contributed by atoms with Crippen molar-refractivity contribution in [2.75, 3.05) is 13.1 Å². The smallest absolute Gasteiger partial charge is 0.0564 e. The molecule has 0 aliphatic carbocycles. The summed E-state index contributed by atoms with van der Waals surface area (Å²) in [5, 5.41) is 9.46. The minimum absolute atomic E-state index is 0.0711. The monoisotopic (exact) mass is 233 g/mol. The molecule has 1 aromatic carbocycles. The standard InChI is InChI=1S/C15H23NO/c1-2-3-13-4-6-14(7-5-13)12-16-10-8-15(17)9-11-16/h4-7,15,17H,2-3,8-12H2,1H3. The van der Waals surface area contributed by atoms with Gasteiger partial charge in [0, 0.05) is 19.6 Å². The zero-order valence-electron chi connectivity index (χ0n) is 10.7. The Morgan fingerprint density at radius 2 is 1.71 bits per heavy atom. The van der Waals surface area contributed by atoms with E-state index in [1.54, 1.807) is 0 Å². The van der Waals surface area contributed by atoms with E-state index in [9.17, 15) is 5.11 Å². The minimum Gasteiger partial charge on any atom is -0.393 e. The molecule has 2 nitrogen and oxygen atoms in total. The van der Waals surface area contributed by atoms with Gasteiger partial charge in [0.25, 0.3) is 0 Å². The van der Waals surface area contributed by atoms with Crippen molar-refractivity contribution in [3.63, 3.8) is 0 Å². The summed E-state index contributed by atoms with van der Waals surface area (Å²) in [7, 11) is 0. The van der Waals surface area contributed by atoms with Crippen LogP contribution >= 0.6 is 0 Å². The molecule has 1 aromatic rings. The number of nitrogens with zero attached hydrogens (tertiary/aromatic N) is 1. The van der Waals surface area contributed by atoms with Gasteiger partial charge in [-0.05, 0) is 30.4 Å². The lowest BCUT2D eigenvalue weighted by Gasteiger charge is -2.29. The Morgan fingerprint density at radius 3 is 2.29 bits per heavy atom. The van der Waals surface area contributed by atoms with Crippen molar-refractivity contribution in [3.8, 4) is 0 Å². The fourth-order valence-electron chi connectivity index (χ4n) is 2.44. The molecule has 0 saturated carbocycles. The lowest BCUT2D eigenvalue weighted by Crippen LogP contribution is -2.35. The number of aryl methyl sites for hydroxylation is 1. The molecule has 0 unspecified atom stereocenters. The van der Waals surface area contributed by atoms with Crippen LogP contribution < -0.4 is 0 Å². The average molecular weight is 233 g/mol. The Hall–Kier alpha value is -0.860. The van der Waals surface area contributed by atoms with Crippen molar-refractivity contribution in [1.29, 1.82) is 0 Å². The summed E-state index contributed by atoms with van der Waals surface area (Å²) >= 11 is 0. The second-order valence-electron chi connectivity index (χ2n) is 5.07. The third kappa shape index (κ3) is 3.83. The fourth-order valence-corrected chi connectivity index (χ4v) is 2.44. The number of piperidine rings is 1. The third-order valence-electron chi connectivity index (χ3n) is 3.52. The van der Waals surface area contributed by atoms with Gasteiger partial charge < -0.3 is 5.11 Å². The molecule has 0 aromatic heterocycles. The fraction of sp³-hybridized carbons (Fsp3) is 0.600. The highest BCUT2D eigenvalue weighted by Gasteiger charge is 2.16. The number of benzene rings is 1. The molecular weight excluding hydrogens is 210 g/mol. The number of aliphatic hydroxyl groups excluding tert-OH is 1. The molecule has 17 heavy (non-hydrogen) atoms. The van der Waals surface area contributed by atoms with Crippen molar-refractivity contribution in [3.05, 3.63) is 35.4 Å². The van der Waals surface area contributed by atoms with Gasteiger partial charge >= 0.3 is 0 Å². The van der Waals surface area contributed by atoms with Crippen molar-refractivity contribution in [2.45, 2.75) is 45.3 Å². The van der Waals surface area contributed by atoms with Crippen molar-refractivity contribution < 1.29 is 5.11 Å². The van der Waals surface area contributed by atoms with E-state index < -0.39 is 0 Å². The summed E-state index contributed by atoms with van der Waals surface area (Å²) in [5.41, 5.74) is 2.83. The summed E-state index contributed by atoms with van der Waals surface area (Å²) in [6, 6.07) is 8.99. The van der Waals surface area contributed by atoms with Crippen molar-refractivity contribution in [2.24, 2.45) is 0 Å². The molecule has 1 saturated heterocycles. The van der Waals surface area contributed by atoms with Crippen LogP contribution in [0, 0.1) is 0 Å². The van der Waals surface area contributed by atoms with Crippen LogP contribution in [0.4, 0.5) is 0 Å². The van der Waals surface area contributed by atoms with Crippen LogP contribution in [-0.4, -0.2) is 29.2 Å². The number of rotatable bonds is 4. The predicted molar refractivity (Wildman–Crippen MR) is 71.0 cm³/mol. The second-order valence-corrected chi connectivity index (χ2v) is 5.07. The number of hydrogen-bond donors (Lipinski definition) is 1. The van der Waals surface area contributed by atoms with Crippen molar-refractivity contribution >= 4 is 0 Å². The maximum Gasteiger partial charge on any atom is 0.0564 e. The van der Waals surface area contributed by atoms with Gasteiger partial charge in [0.05, 0.1) is 6.10 Å². The molecule has 0 bridgehead atoms. The van der Waals surface area contributed by atoms with Crippen LogP contribution in [0.1, 0.15) is 37.3 Å². The van der Waals surface area contributed by atoms with E-state index in [2.05, 4.69) is 36.1 Å². The first-order valence-corrected chi connectivity index (χ1v) is 6.76. The van der Waals surface area contributed by atoms with Crippen molar-refractivity contribution in [1.82, 2.24) is 4.90 Å². The Morgan fingerprint density at radius 1 is 1.12 bits per heavy atom. The molecule has 0 amide bonds. The van der Waals surface area contributed by atoms with Crippen LogP contribution in [0.2, 0.25) is 0 Å². The van der Waals surface area contributed by atoms with E-state index in [1.807, 2.05) is 0 Å². The van der Waals surface area contributed by atoms with E-state index >= 15 is 0 Å². The quantitative estimate of drug-likeness (QED) is 0.864. The van der Waals surface area contributed by atoms with Gasteiger partial charge in [0.2, 0.25) is 0 Å². The Bertz CT molecular complexity index is 325. The topological polar surface area (TPSA) is 23.5 Å². The Balaban J connectivity index is 1.86. The van der Waals surface area contributed by atoms with Crippen LogP contribution in [0.15, 0.2) is 24.3 Å². The summed E-state index contributed by atoms with van der Waals surface area (Å²) < 4.78 is 0. The van der Waals surface area contributed by atoms with Gasteiger partial charge in [0.1, 0.15) is 0 Å². The second kappa shape index (κ2) is 6.18. The van der Waals surface area contributed by atoms with Gasteiger partial charge in [-0.2, -0.15) is 0 Å². The summed E-state index contributed by atoms with van der Waals surface area (Å²) in [4.78, 5) is 2.43. The van der Waals surface area contributed by atoms with E-state index in [1.165, 1.54) is 24.0 Å². The SMILES string of the molecule is CCCc1ccc(CN2CCC(O)CC2)cc1. The number of likely N-dealkylation sites (tertiary alicyclic amines) is 1. The van der Waals surface area contributed by atoms with Crippen LogP contribution in [0.5, 0.6) is 0 Å². The lowest BCUT2D eigenvalue weighted by atomic mass is 10.1. The molecule has 2 heteroatoms. The highest BCUT2D eigenvalue weighted by molar-refractivity contribution is 5.22. The Kier molecular flexibility index (Phi) is 4.57. The minimum atomic E-state index is -0.0711. The number of hydrogen-bond acceptors (Lipinski definition) is 2. The van der Waals surface area contributed by atoms with Gasteiger partial charge in [0.15, 0.2) is 0 Å². The molecule has 0 spiro atoms. The van der Waals surface area contributed by atoms with Gasteiger partial charge in [-0.3, -0.25) is 4.90 Å². The molecule has 1 heterocycles. The Labute approximate surface area is 104 Å². The van der Waals surface area contributed by atoms with Crippen LogP contribution in [0.3, 0.4) is 0 Å². The molecule has 1 aliphatic rings. The molecule has 1 N–H and O–H groups in total. The maximum absolute atomic E-state index is 9.46. The first-order chi connectivity index (χ1) is 8.28. The molecular formula is C15H23NO. The largest absolute Gasteiger partial charge is 0.393 e. The normalized spacial score (nSPS) is 18.5. The molecule has 2 rings (SSSR count). The number of aliphatic hydroxyl groups is 1. The van der Waals surface area contributed by atoms with Gasteiger partial charge in [-0.25, -0.2) is 0 Å². The molecule has 0 atom stereocenters. The highest BCUT2D eigenvalue weighted by atomic mass is 16.3. The van der Waals surface area contributed by atoms with E-state index in [0.29, 0.717) is 0 Å². The molecule has 1 fully saturated rings. The first-order valence-electron chi connectivity index (χ1n) is 6.76. The highest BCUT2D eigenvalue weighted by Crippen LogP contribution is 2.14. The maximum atomic E-state index is 9.46.